The van der Waals surface area contributed by atoms with Gasteiger partial charge in [-0.15, -0.1) is 0 Å². The molecular formula is C24H26FN7O3. The Morgan fingerprint density at radius 1 is 1.23 bits per heavy atom. The number of aromatic nitrogens is 6. The number of benzene rings is 1. The lowest BCUT2D eigenvalue weighted by Crippen LogP contribution is -2.18. The molecule has 182 valence electrons. The van der Waals surface area contributed by atoms with E-state index < -0.39 is 11.8 Å². The number of hydrogen-bond donors (Lipinski definition) is 1. The standard InChI is InChI=1S/C24H26FN7O3/c1-13(29-21-19-23(27-11-26-21)31(12-28-19)17-5-3-4-10-35-17)22-30-16-9-8-15(25)18(24(33)34-2)20(16)32(22)14-6-7-14/h8-9,11-14,17H,3-7,10H2,1-2H3,(H,26,27,29)/t13-,17?/m0/s1. The average Bonchev–Trinajstić information content (AvgIpc) is 3.50. The van der Waals surface area contributed by atoms with Crippen molar-refractivity contribution in [2.45, 2.75) is 57.3 Å². The molecule has 6 rings (SSSR count). The first-order valence-electron chi connectivity index (χ1n) is 11.9. The smallest absolute Gasteiger partial charge is 0.343 e. The van der Waals surface area contributed by atoms with Crippen molar-refractivity contribution in [3.63, 3.8) is 0 Å². The fraction of sp³-hybridized carbons (Fsp3) is 0.458. The fourth-order valence-corrected chi connectivity index (χ4v) is 4.87. The summed E-state index contributed by atoms with van der Waals surface area (Å²) < 4.78 is 29.4. The average molecular weight is 480 g/mol. The molecule has 1 unspecified atom stereocenters. The van der Waals surface area contributed by atoms with Gasteiger partial charge in [0, 0.05) is 12.6 Å². The van der Waals surface area contributed by atoms with E-state index in [-0.39, 0.29) is 23.9 Å². The molecule has 1 aliphatic heterocycles. The normalized spacial score (nSPS) is 19.2. The number of nitrogens with one attached hydrogen (secondary N) is 1. The summed E-state index contributed by atoms with van der Waals surface area (Å²) in [6.45, 7) is 2.69. The quantitative estimate of drug-likeness (QED) is 0.408. The molecular weight excluding hydrogens is 453 g/mol. The van der Waals surface area contributed by atoms with Gasteiger partial charge >= 0.3 is 5.97 Å². The van der Waals surface area contributed by atoms with Crippen LogP contribution in [0.15, 0.2) is 24.8 Å². The number of imidazole rings is 2. The third-order valence-corrected chi connectivity index (χ3v) is 6.70. The molecule has 0 radical (unpaired) electrons. The lowest BCUT2D eigenvalue weighted by molar-refractivity contribution is -0.0298. The van der Waals surface area contributed by atoms with Gasteiger partial charge in [-0.25, -0.2) is 29.1 Å². The summed E-state index contributed by atoms with van der Waals surface area (Å²) in [5.41, 5.74) is 2.28. The topological polar surface area (TPSA) is 109 Å². The predicted octanol–water partition coefficient (Wildman–Crippen LogP) is 4.31. The monoisotopic (exact) mass is 479 g/mol. The van der Waals surface area contributed by atoms with Crippen LogP contribution in [0.5, 0.6) is 0 Å². The molecule has 0 bridgehead atoms. The fourth-order valence-electron chi connectivity index (χ4n) is 4.87. The molecule has 0 amide bonds. The molecule has 11 heteroatoms. The highest BCUT2D eigenvalue weighted by molar-refractivity contribution is 6.02. The highest BCUT2D eigenvalue weighted by Gasteiger charge is 2.33. The summed E-state index contributed by atoms with van der Waals surface area (Å²) in [6, 6.07) is 2.71. The second-order valence-corrected chi connectivity index (χ2v) is 9.09. The number of ether oxygens (including phenoxy) is 2. The van der Waals surface area contributed by atoms with Gasteiger partial charge in [0.25, 0.3) is 0 Å². The van der Waals surface area contributed by atoms with Crippen molar-refractivity contribution in [1.29, 1.82) is 0 Å². The minimum absolute atomic E-state index is 0.0837. The van der Waals surface area contributed by atoms with Gasteiger partial charge in [0.1, 0.15) is 29.8 Å². The minimum atomic E-state index is -0.713. The zero-order valence-corrected chi connectivity index (χ0v) is 19.6. The van der Waals surface area contributed by atoms with E-state index in [1.54, 1.807) is 12.4 Å². The van der Waals surface area contributed by atoms with Crippen LogP contribution >= 0.6 is 0 Å². The molecule has 2 aliphatic rings. The third-order valence-electron chi connectivity index (χ3n) is 6.70. The molecule has 1 aliphatic carbocycles. The van der Waals surface area contributed by atoms with Crippen LogP contribution in [0.25, 0.3) is 22.2 Å². The van der Waals surface area contributed by atoms with Gasteiger partial charge in [0.15, 0.2) is 17.0 Å². The summed E-state index contributed by atoms with van der Waals surface area (Å²) >= 11 is 0. The van der Waals surface area contributed by atoms with E-state index >= 15 is 0 Å². The predicted molar refractivity (Wildman–Crippen MR) is 126 cm³/mol. The van der Waals surface area contributed by atoms with Crippen LogP contribution in [-0.4, -0.2) is 48.8 Å². The zero-order valence-electron chi connectivity index (χ0n) is 19.6. The van der Waals surface area contributed by atoms with Crippen molar-refractivity contribution in [3.8, 4) is 0 Å². The number of carbonyl (C=O) groups excluding carboxylic acids is 1. The molecule has 4 heterocycles. The number of fused-ring (bicyclic) bond motifs is 2. The number of hydrogen-bond acceptors (Lipinski definition) is 8. The Morgan fingerprint density at radius 2 is 2.09 bits per heavy atom. The summed E-state index contributed by atoms with van der Waals surface area (Å²) in [5.74, 6) is -0.0627. The van der Waals surface area contributed by atoms with E-state index in [9.17, 15) is 9.18 Å². The Bertz CT molecular complexity index is 1420. The van der Waals surface area contributed by atoms with Crippen molar-refractivity contribution < 1.29 is 18.7 Å². The first-order valence-corrected chi connectivity index (χ1v) is 11.9. The number of nitrogens with zero attached hydrogens (tertiary/aromatic N) is 6. The Hall–Kier alpha value is -3.60. The zero-order chi connectivity index (χ0) is 24.1. The maximum Gasteiger partial charge on any atom is 0.343 e. The Kier molecular flexibility index (Phi) is 5.36. The number of esters is 1. The van der Waals surface area contributed by atoms with Gasteiger partial charge in [-0.1, -0.05) is 0 Å². The largest absolute Gasteiger partial charge is 0.465 e. The van der Waals surface area contributed by atoms with Gasteiger partial charge in [-0.05, 0) is 51.2 Å². The van der Waals surface area contributed by atoms with E-state index in [2.05, 4.69) is 20.3 Å². The molecule has 1 saturated carbocycles. The first-order chi connectivity index (χ1) is 17.1. The lowest BCUT2D eigenvalue weighted by atomic mass is 10.1. The maximum atomic E-state index is 14.7. The van der Waals surface area contributed by atoms with Crippen molar-refractivity contribution in [2.75, 3.05) is 19.0 Å². The highest BCUT2D eigenvalue weighted by Crippen LogP contribution is 2.42. The SMILES string of the molecule is COC(=O)c1c(F)ccc2nc([C@H](C)Nc3ncnc4c3ncn4C3CCCCO3)n(C3CC3)c12. The molecule has 2 atom stereocenters. The molecule has 35 heavy (non-hydrogen) atoms. The van der Waals surface area contributed by atoms with Crippen LogP contribution in [0.3, 0.4) is 0 Å². The van der Waals surface area contributed by atoms with E-state index in [0.29, 0.717) is 33.8 Å². The number of halogens is 1. The van der Waals surface area contributed by atoms with E-state index in [4.69, 9.17) is 14.5 Å². The maximum absolute atomic E-state index is 14.7. The van der Waals surface area contributed by atoms with Crippen LogP contribution in [0, 0.1) is 5.82 Å². The van der Waals surface area contributed by atoms with Crippen LogP contribution in [0.4, 0.5) is 10.2 Å². The second kappa shape index (κ2) is 8.56. The van der Waals surface area contributed by atoms with Gasteiger partial charge < -0.3 is 19.4 Å². The Labute approximate surface area is 200 Å². The van der Waals surface area contributed by atoms with Gasteiger partial charge in [-0.3, -0.25) is 4.57 Å². The Morgan fingerprint density at radius 3 is 2.83 bits per heavy atom. The van der Waals surface area contributed by atoms with Crippen molar-refractivity contribution in [1.82, 2.24) is 29.1 Å². The van der Waals surface area contributed by atoms with Gasteiger partial charge in [0.2, 0.25) is 0 Å². The minimum Gasteiger partial charge on any atom is -0.465 e. The molecule has 10 nitrogen and oxygen atoms in total. The lowest BCUT2D eigenvalue weighted by Gasteiger charge is -2.23. The molecule has 4 aromatic rings. The first kappa shape index (κ1) is 21.9. The molecule has 0 spiro atoms. The van der Waals surface area contributed by atoms with Crippen LogP contribution in [0.2, 0.25) is 0 Å². The van der Waals surface area contributed by atoms with Crippen LogP contribution in [-0.2, 0) is 9.47 Å². The van der Waals surface area contributed by atoms with Crippen LogP contribution in [0.1, 0.15) is 73.5 Å². The van der Waals surface area contributed by atoms with Crippen molar-refractivity contribution >= 4 is 34.0 Å². The molecule has 1 aromatic carbocycles. The van der Waals surface area contributed by atoms with Crippen molar-refractivity contribution in [2.24, 2.45) is 0 Å². The second-order valence-electron chi connectivity index (χ2n) is 9.09. The number of rotatable bonds is 6. The molecule has 1 N–H and O–H groups in total. The number of carbonyl (C=O) groups is 1. The van der Waals surface area contributed by atoms with Gasteiger partial charge in [-0.2, -0.15) is 0 Å². The van der Waals surface area contributed by atoms with E-state index in [1.807, 2.05) is 16.1 Å². The van der Waals surface area contributed by atoms with Crippen molar-refractivity contribution in [3.05, 3.63) is 42.0 Å². The number of anilines is 1. The summed E-state index contributed by atoms with van der Waals surface area (Å²) in [4.78, 5) is 30.7. The van der Waals surface area contributed by atoms with E-state index in [1.165, 1.54) is 19.5 Å². The van der Waals surface area contributed by atoms with Crippen LogP contribution < -0.4 is 5.32 Å². The molecule has 3 aromatic heterocycles. The summed E-state index contributed by atoms with van der Waals surface area (Å²) in [7, 11) is 1.25. The molecule has 2 fully saturated rings. The molecule has 1 saturated heterocycles. The van der Waals surface area contributed by atoms with Gasteiger partial charge in [0.05, 0.1) is 30.5 Å². The summed E-state index contributed by atoms with van der Waals surface area (Å²) in [6.07, 6.45) is 8.12. The highest BCUT2D eigenvalue weighted by atomic mass is 19.1. The Balaban J connectivity index is 1.39. The summed E-state index contributed by atoms with van der Waals surface area (Å²) in [5, 5.41) is 3.42. The van der Waals surface area contributed by atoms with E-state index in [0.717, 1.165) is 38.7 Å². The number of methoxy groups -OCH3 is 1. The third kappa shape index (κ3) is 3.70.